The van der Waals surface area contributed by atoms with Gasteiger partial charge < -0.3 is 51.9 Å². The van der Waals surface area contributed by atoms with Crippen LogP contribution in [0.25, 0.3) is 22.3 Å². The van der Waals surface area contributed by atoms with Gasteiger partial charge in [-0.1, -0.05) is 42.5 Å². The van der Waals surface area contributed by atoms with Crippen LogP contribution in [0.3, 0.4) is 0 Å². The monoisotopic (exact) mass is 943 g/mol. The highest BCUT2D eigenvalue weighted by molar-refractivity contribution is 5.78. The number of ether oxygens (including phenoxy) is 4. The van der Waals surface area contributed by atoms with Crippen LogP contribution in [0.5, 0.6) is 46.0 Å². The molecule has 21 nitrogen and oxygen atoms in total. The number of benzene rings is 4. The predicted octanol–water partition coefficient (Wildman–Crippen LogP) is 9.00. The number of fused-ring (bicyclic) bond motifs is 2. The lowest BCUT2D eigenvalue weighted by atomic mass is 10.2. The molecule has 0 saturated heterocycles. The van der Waals surface area contributed by atoms with E-state index in [9.17, 15) is 19.7 Å². The van der Waals surface area contributed by atoms with E-state index in [1.165, 1.54) is 12.3 Å². The number of nitrogens with one attached hydrogen (secondary N) is 4. The molecule has 0 aliphatic carbocycles. The van der Waals surface area contributed by atoms with Gasteiger partial charge in [0, 0.05) is 60.8 Å². The summed E-state index contributed by atoms with van der Waals surface area (Å²) in [5.41, 5.74) is 27.8. The number of nitrogens with two attached hydrogens (primary N) is 4. The van der Waals surface area contributed by atoms with Crippen molar-refractivity contribution >= 4 is 51.0 Å². The number of imidazole rings is 2. The molecule has 70 heavy (non-hydrogen) atoms. The number of nitrogens with zero attached hydrogens (tertiary/aromatic N) is 5. The average molecular weight is 944 g/mol. The van der Waals surface area contributed by atoms with E-state index in [1.54, 1.807) is 79.3 Å². The Labute approximate surface area is 397 Å². The van der Waals surface area contributed by atoms with E-state index in [0.717, 1.165) is 28.2 Å². The number of aryl methyl sites for hydroxylation is 3. The Morgan fingerprint density at radius 1 is 0.471 bits per heavy atom. The Morgan fingerprint density at radius 2 is 0.857 bits per heavy atom. The van der Waals surface area contributed by atoms with Gasteiger partial charge in [0.2, 0.25) is 11.6 Å². The summed E-state index contributed by atoms with van der Waals surface area (Å²) >= 11 is 0. The molecule has 4 aromatic carbocycles. The molecule has 0 bridgehead atoms. The highest BCUT2D eigenvalue weighted by Gasteiger charge is 2.21. The molecule has 0 fully saturated rings. The van der Waals surface area contributed by atoms with Crippen LogP contribution in [-0.2, 0) is 0 Å². The van der Waals surface area contributed by atoms with Crippen molar-refractivity contribution in [2.45, 2.75) is 20.8 Å². The number of hydrogen-bond donors (Lipinski definition) is 8. The maximum atomic E-state index is 11.2. The molecule has 10 aromatic rings. The van der Waals surface area contributed by atoms with Gasteiger partial charge in [-0.2, -0.15) is 0 Å². The fraction of sp³-hybridized carbons (Fsp3) is 0.0612. The van der Waals surface area contributed by atoms with Crippen LogP contribution in [0.4, 0.5) is 28.7 Å². The van der Waals surface area contributed by atoms with E-state index in [-0.39, 0.29) is 34.5 Å². The van der Waals surface area contributed by atoms with Crippen LogP contribution in [0.1, 0.15) is 16.7 Å². The van der Waals surface area contributed by atoms with Gasteiger partial charge in [-0.25, -0.2) is 29.5 Å². The molecule has 6 aromatic heterocycles. The van der Waals surface area contributed by atoms with Crippen molar-refractivity contribution in [1.82, 2.24) is 39.9 Å². The zero-order valence-corrected chi connectivity index (χ0v) is 37.7. The Kier molecular flexibility index (Phi) is 14.9. The zero-order chi connectivity index (χ0) is 49.7. The third-order valence-electron chi connectivity index (χ3n) is 9.58. The molecule has 10 rings (SSSR count). The first-order chi connectivity index (χ1) is 33.7. The normalized spacial score (nSPS) is 10.4. The maximum Gasteiger partial charge on any atom is 0.353 e. The van der Waals surface area contributed by atoms with Crippen LogP contribution in [-0.4, -0.2) is 44.8 Å². The SMILES string of the molecule is Cc1cccc(Oc2ccnc(N)c2N)c1.Cc1cccc(Oc2ccnc(N)c2[N+](=O)[O-])c1.Cc1cccc(Oc2ccnc3[nH]c(=O)[nH]c23)c1.Nc1cccc(Oc2ccnc3[nH]c(=O)[nH]c23)c1. The van der Waals surface area contributed by atoms with Crippen LogP contribution < -0.4 is 53.3 Å². The summed E-state index contributed by atoms with van der Waals surface area (Å²) in [5.74, 6) is 4.40. The minimum absolute atomic E-state index is 0.0816. The first kappa shape index (κ1) is 47.8. The third-order valence-corrected chi connectivity index (χ3v) is 9.58. The van der Waals surface area contributed by atoms with E-state index in [0.29, 0.717) is 62.5 Å². The number of nitrogen functional groups attached to an aromatic ring is 4. The van der Waals surface area contributed by atoms with Gasteiger partial charge in [0.15, 0.2) is 28.5 Å². The van der Waals surface area contributed by atoms with Gasteiger partial charge in [0.05, 0.1) is 4.92 Å². The number of aromatic nitrogens is 8. The molecule has 21 heteroatoms. The smallest absolute Gasteiger partial charge is 0.353 e. The molecule has 354 valence electrons. The van der Waals surface area contributed by atoms with Crippen LogP contribution in [0.2, 0.25) is 0 Å². The molecule has 0 aliphatic heterocycles. The summed E-state index contributed by atoms with van der Waals surface area (Å²) in [7, 11) is 0. The highest BCUT2D eigenvalue weighted by Crippen LogP contribution is 2.35. The number of H-pyrrole nitrogens is 4. The molecule has 0 saturated carbocycles. The summed E-state index contributed by atoms with van der Waals surface area (Å²) in [6.45, 7) is 5.90. The van der Waals surface area contributed by atoms with Crippen molar-refractivity contribution in [1.29, 1.82) is 0 Å². The number of nitro groups is 1. The summed E-state index contributed by atoms with van der Waals surface area (Å²) < 4.78 is 22.5. The third kappa shape index (κ3) is 12.6. The number of anilines is 4. The molecular weight excluding hydrogens is 899 g/mol. The number of rotatable bonds is 9. The van der Waals surface area contributed by atoms with Gasteiger partial charge in [0.1, 0.15) is 45.5 Å². The van der Waals surface area contributed by atoms with Gasteiger partial charge in [-0.05, 0) is 86.0 Å². The summed E-state index contributed by atoms with van der Waals surface area (Å²) in [6, 6.07) is 36.2. The van der Waals surface area contributed by atoms with E-state index >= 15 is 0 Å². The quantitative estimate of drug-likeness (QED) is 0.0380. The van der Waals surface area contributed by atoms with Gasteiger partial charge >= 0.3 is 17.1 Å². The average Bonchev–Trinajstić information content (AvgIpc) is 3.91. The van der Waals surface area contributed by atoms with Gasteiger partial charge in [-0.3, -0.25) is 20.1 Å². The second-order valence-electron chi connectivity index (χ2n) is 15.1. The molecule has 6 heterocycles. The number of hydrogen-bond acceptors (Lipinski definition) is 16. The predicted molar refractivity (Wildman–Crippen MR) is 266 cm³/mol. The van der Waals surface area contributed by atoms with Crippen molar-refractivity contribution in [3.8, 4) is 46.0 Å². The number of pyridine rings is 4. The molecule has 12 N–H and O–H groups in total. The zero-order valence-electron chi connectivity index (χ0n) is 37.7. The van der Waals surface area contributed by atoms with Crippen LogP contribution >= 0.6 is 0 Å². The lowest BCUT2D eigenvalue weighted by molar-refractivity contribution is -0.384. The van der Waals surface area contributed by atoms with E-state index in [4.69, 9.17) is 41.9 Å². The van der Waals surface area contributed by atoms with Crippen molar-refractivity contribution in [2.75, 3.05) is 22.9 Å². The van der Waals surface area contributed by atoms with Gasteiger partial charge in [0.25, 0.3) is 0 Å². The van der Waals surface area contributed by atoms with Crippen molar-refractivity contribution < 1.29 is 23.9 Å². The Hall–Kier alpha value is -10.2. The molecule has 0 amide bonds. The second-order valence-corrected chi connectivity index (χ2v) is 15.1. The molecule has 0 spiro atoms. The summed E-state index contributed by atoms with van der Waals surface area (Å²) in [4.78, 5) is 58.9. The lowest BCUT2D eigenvalue weighted by Crippen LogP contribution is -2.00. The topological polar surface area (TPSA) is 333 Å². The van der Waals surface area contributed by atoms with Crippen LogP contribution in [0, 0.1) is 30.9 Å². The second kappa shape index (κ2) is 21.9. The molecule has 0 atom stereocenters. The maximum absolute atomic E-state index is 11.2. The number of aromatic amines is 4. The van der Waals surface area contributed by atoms with E-state index in [1.807, 2.05) is 75.4 Å². The van der Waals surface area contributed by atoms with E-state index < -0.39 is 4.92 Å². The first-order valence-corrected chi connectivity index (χ1v) is 21.0. The van der Waals surface area contributed by atoms with Crippen molar-refractivity contribution in [3.63, 3.8) is 0 Å². The first-order valence-electron chi connectivity index (χ1n) is 21.0. The Bertz CT molecular complexity index is 3420. The van der Waals surface area contributed by atoms with Crippen molar-refractivity contribution in [3.05, 3.63) is 194 Å². The molecule has 0 radical (unpaired) electrons. The Balaban J connectivity index is 0.000000138. The fourth-order valence-electron chi connectivity index (χ4n) is 6.39. The van der Waals surface area contributed by atoms with Crippen LogP contribution in [0.15, 0.2) is 156 Å². The minimum atomic E-state index is -0.604. The fourth-order valence-corrected chi connectivity index (χ4v) is 6.39. The molecular formula is C49H45N13O8. The Morgan fingerprint density at radius 3 is 1.31 bits per heavy atom. The molecule has 0 aliphatic rings. The lowest BCUT2D eigenvalue weighted by Gasteiger charge is -2.09. The van der Waals surface area contributed by atoms with Crippen molar-refractivity contribution in [2.24, 2.45) is 0 Å². The summed E-state index contributed by atoms with van der Waals surface area (Å²) in [6.07, 6.45) is 6.09. The van der Waals surface area contributed by atoms with E-state index in [2.05, 4.69) is 39.9 Å². The van der Waals surface area contributed by atoms with Gasteiger partial charge in [-0.15, -0.1) is 0 Å². The summed E-state index contributed by atoms with van der Waals surface area (Å²) in [5, 5.41) is 10.9. The highest BCUT2D eigenvalue weighted by atomic mass is 16.6. The molecule has 0 unspecified atom stereocenters. The largest absolute Gasteiger partial charge is 0.455 e. The standard InChI is InChI=1S/C13H11N3O2.C12H10N4O2.C12H11N3O3.C12H13N3O/c1-8-3-2-4-9(7-8)18-10-5-6-14-12-11(10)15-13(17)16-12;13-7-2-1-3-8(6-7)18-9-4-5-14-11-10(9)15-12(17)16-11;1-8-3-2-4-9(7-8)18-10-5-6-14-12(13)11(10)15(16)17;1-8-3-2-4-9(7-8)16-10-5-6-15-12(14)11(10)13/h2-7H,1H3,(H2,14,15,16,17);1-6H,13H2,(H2,14,15,16,17);2-7H,1H3,(H2,13,14);2-7H,13H2,1H3,(H2,14,15). The minimum Gasteiger partial charge on any atom is -0.455 e.